The maximum absolute atomic E-state index is 12.9. The molecule has 5 heteroatoms. The summed E-state index contributed by atoms with van der Waals surface area (Å²) in [6.07, 6.45) is 2.87. The van der Waals surface area contributed by atoms with Crippen molar-refractivity contribution in [2.45, 2.75) is 0 Å². The molecule has 0 saturated heterocycles. The maximum Gasteiger partial charge on any atom is 0.330 e. The van der Waals surface area contributed by atoms with E-state index in [4.69, 9.17) is 0 Å². The van der Waals surface area contributed by atoms with Crippen molar-refractivity contribution < 1.29 is 14.3 Å². The first-order valence-corrected chi connectivity index (χ1v) is 8.10. The van der Waals surface area contributed by atoms with Crippen LogP contribution in [0.2, 0.25) is 0 Å². The molecular weight excluding hydrogens is 330 g/mol. The number of methoxy groups -OCH3 is 1. The molecule has 0 aliphatic heterocycles. The van der Waals surface area contributed by atoms with E-state index in [1.807, 2.05) is 18.2 Å². The molecule has 0 radical (unpaired) electrons. The van der Waals surface area contributed by atoms with Gasteiger partial charge in [0.25, 0.3) is 5.56 Å². The predicted octanol–water partition coefficient (Wildman–Crippen LogP) is 2.94. The van der Waals surface area contributed by atoms with Crippen molar-refractivity contribution in [1.82, 2.24) is 4.57 Å². The van der Waals surface area contributed by atoms with Crippen LogP contribution >= 0.6 is 0 Å². The maximum atomic E-state index is 12.9. The molecule has 1 aromatic heterocycles. The van der Waals surface area contributed by atoms with Gasteiger partial charge in [-0.15, -0.1) is 0 Å². The Kier molecular flexibility index (Phi) is 3.58. The number of carbonyl (C=O) groups excluding carboxylic acids is 2. The summed E-state index contributed by atoms with van der Waals surface area (Å²) < 4.78 is 6.10. The van der Waals surface area contributed by atoms with Gasteiger partial charge in [0, 0.05) is 35.0 Å². The molecule has 0 saturated carbocycles. The van der Waals surface area contributed by atoms with Gasteiger partial charge in [0.15, 0.2) is 5.78 Å². The van der Waals surface area contributed by atoms with Crippen LogP contribution in [0.3, 0.4) is 0 Å². The minimum atomic E-state index is -0.474. The monoisotopic (exact) mass is 345 g/mol. The third-order valence-electron chi connectivity index (χ3n) is 4.69. The fourth-order valence-corrected chi connectivity index (χ4v) is 3.44. The number of hydrogen-bond donors (Lipinski definition) is 0. The Labute approximate surface area is 149 Å². The highest BCUT2D eigenvalue weighted by molar-refractivity contribution is 6.26. The van der Waals surface area contributed by atoms with Crippen LogP contribution in [0.1, 0.15) is 21.5 Å². The quantitative estimate of drug-likeness (QED) is 0.414. The number of nitrogens with zero attached hydrogens (tertiary/aromatic N) is 1. The van der Waals surface area contributed by atoms with Gasteiger partial charge in [-0.2, -0.15) is 0 Å². The fraction of sp³-hybridized carbons (Fsp3) is 0.0952. The zero-order chi connectivity index (χ0) is 18.4. The molecule has 5 nitrogen and oxygen atoms in total. The van der Waals surface area contributed by atoms with E-state index in [0.717, 1.165) is 5.56 Å². The Bertz CT molecular complexity index is 1180. The molecule has 26 heavy (non-hydrogen) atoms. The highest BCUT2D eigenvalue weighted by atomic mass is 16.5. The highest BCUT2D eigenvalue weighted by Crippen LogP contribution is 2.38. The van der Waals surface area contributed by atoms with Gasteiger partial charge in [0.05, 0.1) is 18.4 Å². The number of hydrogen-bond acceptors (Lipinski definition) is 4. The SMILES string of the molecule is COC(=O)/C=C/c1ccc2c3c(n(C)c(=O)c2c1)-c1ccccc1C3=O. The number of rotatable bonds is 2. The molecule has 0 atom stereocenters. The zero-order valence-electron chi connectivity index (χ0n) is 14.3. The minimum absolute atomic E-state index is 0.0750. The Hall–Kier alpha value is -3.47. The van der Waals surface area contributed by atoms with Crippen molar-refractivity contribution in [2.24, 2.45) is 7.05 Å². The predicted molar refractivity (Wildman–Crippen MR) is 99.1 cm³/mol. The van der Waals surface area contributed by atoms with Gasteiger partial charge in [-0.25, -0.2) is 4.79 Å². The summed E-state index contributed by atoms with van der Waals surface area (Å²) in [5.41, 5.74) is 3.09. The van der Waals surface area contributed by atoms with Crippen LogP contribution in [0.25, 0.3) is 28.1 Å². The number of esters is 1. The van der Waals surface area contributed by atoms with E-state index in [0.29, 0.717) is 33.2 Å². The number of ether oxygens (including phenoxy) is 1. The number of pyridine rings is 1. The lowest BCUT2D eigenvalue weighted by Gasteiger charge is -2.11. The summed E-state index contributed by atoms with van der Waals surface area (Å²) >= 11 is 0. The molecule has 0 spiro atoms. The number of aromatic nitrogens is 1. The second-order valence-electron chi connectivity index (χ2n) is 6.12. The van der Waals surface area contributed by atoms with Crippen molar-refractivity contribution in [2.75, 3.05) is 7.11 Å². The van der Waals surface area contributed by atoms with Crippen molar-refractivity contribution in [3.05, 3.63) is 75.6 Å². The second-order valence-corrected chi connectivity index (χ2v) is 6.12. The molecule has 128 valence electrons. The molecule has 0 bridgehead atoms. The van der Waals surface area contributed by atoms with Crippen LogP contribution in [0, 0.1) is 0 Å². The average Bonchev–Trinajstić information content (AvgIpc) is 2.97. The highest BCUT2D eigenvalue weighted by Gasteiger charge is 2.31. The Morgan fingerprint density at radius 2 is 1.77 bits per heavy atom. The number of ketones is 1. The van der Waals surface area contributed by atoms with Gasteiger partial charge in [-0.3, -0.25) is 9.59 Å². The van der Waals surface area contributed by atoms with E-state index in [9.17, 15) is 14.4 Å². The van der Waals surface area contributed by atoms with Crippen LogP contribution in [-0.4, -0.2) is 23.4 Å². The summed E-state index contributed by atoms with van der Waals surface area (Å²) in [7, 11) is 2.97. The van der Waals surface area contributed by atoms with E-state index in [2.05, 4.69) is 4.74 Å². The molecule has 4 rings (SSSR count). The molecule has 2 aromatic carbocycles. The smallest absolute Gasteiger partial charge is 0.330 e. The minimum Gasteiger partial charge on any atom is -0.466 e. The molecule has 0 amide bonds. The zero-order valence-corrected chi connectivity index (χ0v) is 14.3. The first-order chi connectivity index (χ1) is 12.5. The normalized spacial score (nSPS) is 12.5. The molecule has 1 aliphatic carbocycles. The molecule has 0 unspecified atom stereocenters. The third kappa shape index (κ3) is 2.21. The Morgan fingerprint density at radius 3 is 2.50 bits per heavy atom. The molecule has 0 N–H and O–H groups in total. The van der Waals surface area contributed by atoms with Crippen LogP contribution in [0.5, 0.6) is 0 Å². The van der Waals surface area contributed by atoms with Gasteiger partial charge >= 0.3 is 5.97 Å². The summed E-state index contributed by atoms with van der Waals surface area (Å²) in [5, 5.41) is 1.07. The van der Waals surface area contributed by atoms with Crippen molar-refractivity contribution in [3.8, 4) is 11.3 Å². The number of carbonyl (C=O) groups is 2. The standard InChI is InChI=1S/C21H15NO4/c1-22-19-14-5-3-4-6-15(14)20(24)18(19)13-9-7-12(8-10-17(23)26-2)11-16(13)21(22)25/h3-11H,1-2H3/b10-8+. The molecule has 3 aromatic rings. The van der Waals surface area contributed by atoms with E-state index < -0.39 is 5.97 Å². The van der Waals surface area contributed by atoms with Crippen molar-refractivity contribution >= 4 is 28.6 Å². The summed E-state index contributed by atoms with van der Waals surface area (Å²) in [4.78, 5) is 37.1. The number of benzene rings is 2. The van der Waals surface area contributed by atoms with Crippen LogP contribution in [0.4, 0.5) is 0 Å². The lowest BCUT2D eigenvalue weighted by molar-refractivity contribution is -0.134. The van der Waals surface area contributed by atoms with E-state index in [1.54, 1.807) is 37.4 Å². The van der Waals surface area contributed by atoms with E-state index >= 15 is 0 Å². The van der Waals surface area contributed by atoms with Gasteiger partial charge in [-0.05, 0) is 17.7 Å². The summed E-state index contributed by atoms with van der Waals surface area (Å²) in [6, 6.07) is 12.5. The molecule has 0 fully saturated rings. The first kappa shape index (κ1) is 16.0. The largest absolute Gasteiger partial charge is 0.466 e. The van der Waals surface area contributed by atoms with Crippen LogP contribution in [-0.2, 0) is 16.6 Å². The second kappa shape index (κ2) is 5.81. The average molecular weight is 345 g/mol. The van der Waals surface area contributed by atoms with Crippen molar-refractivity contribution in [1.29, 1.82) is 0 Å². The molecular formula is C21H15NO4. The lowest BCUT2D eigenvalue weighted by Crippen LogP contribution is -2.20. The van der Waals surface area contributed by atoms with Gasteiger partial charge in [-0.1, -0.05) is 36.4 Å². The van der Waals surface area contributed by atoms with Crippen molar-refractivity contribution in [3.63, 3.8) is 0 Å². The van der Waals surface area contributed by atoms with Gasteiger partial charge < -0.3 is 9.30 Å². The van der Waals surface area contributed by atoms with E-state index in [1.165, 1.54) is 17.8 Å². The number of fused-ring (bicyclic) bond motifs is 5. The fourth-order valence-electron chi connectivity index (χ4n) is 3.44. The lowest BCUT2D eigenvalue weighted by atomic mass is 10.0. The Morgan fingerprint density at radius 1 is 1.04 bits per heavy atom. The first-order valence-electron chi connectivity index (χ1n) is 8.10. The topological polar surface area (TPSA) is 65.4 Å². The third-order valence-corrected chi connectivity index (χ3v) is 4.69. The molecule has 1 heterocycles. The van der Waals surface area contributed by atoms with Gasteiger partial charge in [0.1, 0.15) is 0 Å². The van der Waals surface area contributed by atoms with Gasteiger partial charge in [0.2, 0.25) is 0 Å². The van der Waals surface area contributed by atoms with Crippen LogP contribution < -0.4 is 5.56 Å². The Balaban J connectivity index is 1.99. The van der Waals surface area contributed by atoms with E-state index in [-0.39, 0.29) is 11.3 Å². The molecule has 1 aliphatic rings. The summed E-state index contributed by atoms with van der Waals surface area (Å²) in [5.74, 6) is -0.549. The summed E-state index contributed by atoms with van der Waals surface area (Å²) in [6.45, 7) is 0. The van der Waals surface area contributed by atoms with Crippen LogP contribution in [0.15, 0.2) is 53.3 Å².